The minimum Gasteiger partial charge on any atom is -0.487 e. The van der Waals surface area contributed by atoms with Crippen LogP contribution in [-0.2, 0) is 0 Å². The Hall–Kier alpha value is -3.39. The summed E-state index contributed by atoms with van der Waals surface area (Å²) in [6.07, 6.45) is 7.77. The van der Waals surface area contributed by atoms with Crippen molar-refractivity contribution in [3.05, 3.63) is 88.7 Å². The fraction of sp³-hybridized carbons (Fsp3) is 0.617. The number of halogens is 3. The lowest BCUT2D eigenvalue weighted by molar-refractivity contribution is 0.0675. The third-order valence-corrected chi connectivity index (χ3v) is 11.4. The van der Waals surface area contributed by atoms with Crippen molar-refractivity contribution in [1.82, 2.24) is 9.80 Å². The fourth-order valence-electron chi connectivity index (χ4n) is 6.65. The van der Waals surface area contributed by atoms with E-state index >= 15 is 0 Å². The second-order valence-electron chi connectivity index (χ2n) is 16.7. The normalized spacial score (nSPS) is 20.8. The van der Waals surface area contributed by atoms with Gasteiger partial charge >= 0.3 is 0 Å². The number of nitrogens with zero attached hydrogens (tertiary/aromatic N) is 2. The van der Waals surface area contributed by atoms with Crippen molar-refractivity contribution in [2.75, 3.05) is 39.3 Å². The molecule has 0 spiro atoms. The lowest BCUT2D eigenvalue weighted by Crippen LogP contribution is -2.47. The van der Waals surface area contributed by atoms with Gasteiger partial charge in [0.2, 0.25) is 0 Å². The molecule has 0 unspecified atom stereocenters. The molecule has 0 aromatic heterocycles. The second-order valence-corrected chi connectivity index (χ2v) is 16.7. The lowest BCUT2D eigenvalue weighted by atomic mass is 9.95. The summed E-state index contributed by atoms with van der Waals surface area (Å²) in [5, 5.41) is 30.5. The summed E-state index contributed by atoms with van der Waals surface area (Å²) in [6.45, 7) is 11.8. The summed E-state index contributed by atoms with van der Waals surface area (Å²) < 4.78 is 87.9. The predicted octanol–water partition coefficient (Wildman–Crippen LogP) is 9.63. The molecule has 3 aromatic carbocycles. The SMILES string of the molecule is C.C.CC[C@@H](C)[C@H](O)c1ccc(OC2CC2)c(F)c1.C[C@H](CN1CCC1)[C@H](O)c1ccc(OC2CC2)c(F)c1.N[C@H](CN1CCC1)[C@H](O)c1ccc(OC2CC2)c(F)c1.[2H][2H].[2H][2H].[2H][2H]. The first kappa shape index (κ1) is 43.7. The van der Waals surface area contributed by atoms with Crippen LogP contribution in [0.25, 0.3) is 0 Å². The predicted molar refractivity (Wildman–Crippen MR) is 234 cm³/mol. The molecule has 0 radical (unpaired) electrons. The molecule has 8 rings (SSSR count). The number of ether oxygens (including phenoxy) is 3. The molecule has 336 valence electrons. The van der Waals surface area contributed by atoms with Gasteiger partial charge in [0.15, 0.2) is 34.7 Å². The Kier molecular flexibility index (Phi) is 16.6. The molecule has 2 saturated heterocycles. The van der Waals surface area contributed by atoms with Gasteiger partial charge < -0.3 is 45.1 Å². The van der Waals surface area contributed by atoms with E-state index in [1.54, 1.807) is 36.4 Å². The number of benzene rings is 3. The highest BCUT2D eigenvalue weighted by Gasteiger charge is 2.29. The number of rotatable bonds is 17. The molecule has 2 aliphatic heterocycles. The van der Waals surface area contributed by atoms with Gasteiger partial charge in [0.1, 0.15) is 0 Å². The Bertz CT molecular complexity index is 1670. The average Bonchev–Trinajstić information content (AvgIpc) is 4.12. The van der Waals surface area contributed by atoms with Gasteiger partial charge in [-0.05, 0) is 142 Å². The fourth-order valence-corrected chi connectivity index (χ4v) is 6.65. The third kappa shape index (κ3) is 14.4. The zero-order valence-corrected chi connectivity index (χ0v) is 33.7. The maximum Gasteiger partial charge on any atom is 0.165 e. The van der Waals surface area contributed by atoms with Crippen LogP contribution in [0.1, 0.15) is 137 Å². The molecule has 5 N–H and O–H groups in total. The summed E-state index contributed by atoms with van der Waals surface area (Å²) in [7, 11) is 0. The van der Waals surface area contributed by atoms with Crippen LogP contribution in [0.3, 0.4) is 0 Å². The number of likely N-dealkylation sites (tertiary alicyclic amines) is 2. The van der Waals surface area contributed by atoms with Crippen LogP contribution >= 0.6 is 0 Å². The first-order valence-electron chi connectivity index (χ1n) is 24.0. The van der Waals surface area contributed by atoms with Gasteiger partial charge in [0.25, 0.3) is 0 Å². The zero-order valence-electron chi connectivity index (χ0n) is 39.7. The summed E-state index contributed by atoms with van der Waals surface area (Å²) in [5.41, 5.74) is 7.77. The monoisotopic (exact) mass is 842 g/mol. The lowest BCUT2D eigenvalue weighted by Gasteiger charge is -2.34. The van der Waals surface area contributed by atoms with E-state index in [0.29, 0.717) is 34.7 Å². The van der Waals surface area contributed by atoms with Crippen molar-refractivity contribution in [1.29, 1.82) is 0 Å². The van der Waals surface area contributed by atoms with E-state index in [-0.39, 0.29) is 62.4 Å². The van der Waals surface area contributed by atoms with Gasteiger partial charge in [0, 0.05) is 28.0 Å². The molecule has 9 nitrogen and oxygen atoms in total. The van der Waals surface area contributed by atoms with Crippen LogP contribution in [0.2, 0.25) is 0 Å². The Balaban J connectivity index is 0.000000455. The molecule has 3 saturated carbocycles. The third-order valence-electron chi connectivity index (χ3n) is 11.4. The van der Waals surface area contributed by atoms with E-state index in [1.807, 2.05) is 20.8 Å². The molecule has 2 heterocycles. The largest absolute Gasteiger partial charge is 0.487 e. The molecule has 0 amide bonds. The van der Waals surface area contributed by atoms with Gasteiger partial charge in [-0.2, -0.15) is 0 Å². The highest BCUT2D eigenvalue weighted by Crippen LogP contribution is 2.34. The standard InChI is InChI=1S/C16H22FNO2.C15H21FN2O2.C14H19FO2.2CH4.3H2/c1-11(10-18-7-2-8-18)16(19)12-3-6-15(14(17)9-12)20-13-4-5-13;16-12-8-10(2-5-14(12)20-11-3-4-11)15(19)13(17)9-18-6-1-7-18;1-3-9(2)14(16)10-4-7-13(12(15)8-10)17-11-5-6-11;;;;;/h3,6,9,11,13,16,19H,2,4-5,7-8,10H2,1H3;2,5,8,11,13,15,19H,1,3-4,6-7,9,17H2;4,7-9,11,14,16H,3,5-6H2,1-2H3;2*1H4;3*1H/t11-,16+;13-,15-;9-,14+;;;;;/m111...../s1/i;;;;;3*1+1D. The first-order chi connectivity index (χ1) is 30.4. The molecule has 12 heteroatoms. The Morgan fingerprint density at radius 2 is 0.949 bits per heavy atom. The van der Waals surface area contributed by atoms with Gasteiger partial charge in [-0.15, -0.1) is 0 Å². The van der Waals surface area contributed by atoms with Crippen molar-refractivity contribution < 1.29 is 51.6 Å². The van der Waals surface area contributed by atoms with Crippen molar-refractivity contribution >= 4 is 0 Å². The maximum atomic E-state index is 14.0. The molecule has 3 aliphatic carbocycles. The molecule has 59 heavy (non-hydrogen) atoms. The molecule has 5 aliphatic rings. The quantitative estimate of drug-likeness (QED) is 0.105. The van der Waals surface area contributed by atoms with Crippen LogP contribution in [0.5, 0.6) is 17.2 Å². The highest BCUT2D eigenvalue weighted by molar-refractivity contribution is 5.33. The summed E-state index contributed by atoms with van der Waals surface area (Å²) in [5.74, 6) is -0.0772. The zero-order chi connectivity index (χ0) is 46.6. The van der Waals surface area contributed by atoms with E-state index in [1.165, 1.54) is 31.0 Å². The number of nitrogens with two attached hydrogens (primary N) is 1. The van der Waals surface area contributed by atoms with E-state index in [2.05, 4.69) is 9.80 Å². The summed E-state index contributed by atoms with van der Waals surface area (Å²) in [6, 6.07) is 13.8. The number of hydrogen-bond donors (Lipinski definition) is 4. The van der Waals surface area contributed by atoms with Crippen molar-refractivity contribution in [2.24, 2.45) is 17.6 Å². The van der Waals surface area contributed by atoms with E-state index in [9.17, 15) is 28.5 Å². The van der Waals surface area contributed by atoms with Crippen LogP contribution in [0.4, 0.5) is 13.2 Å². The van der Waals surface area contributed by atoms with Crippen LogP contribution in [0.15, 0.2) is 54.6 Å². The van der Waals surface area contributed by atoms with Crippen molar-refractivity contribution in [2.45, 2.75) is 136 Å². The topological polar surface area (TPSA) is 121 Å². The van der Waals surface area contributed by atoms with Crippen LogP contribution in [0, 0.1) is 29.3 Å². The number of aliphatic hydroxyl groups is 3. The van der Waals surface area contributed by atoms with E-state index in [0.717, 1.165) is 77.7 Å². The van der Waals surface area contributed by atoms with E-state index < -0.39 is 30.2 Å². The Morgan fingerprint density at radius 3 is 1.25 bits per heavy atom. The van der Waals surface area contributed by atoms with Gasteiger partial charge in [-0.3, -0.25) is 0 Å². The van der Waals surface area contributed by atoms with Gasteiger partial charge in [-0.25, -0.2) is 13.2 Å². The first-order valence-corrected chi connectivity index (χ1v) is 21.0. The van der Waals surface area contributed by atoms with Crippen LogP contribution in [-0.4, -0.2) is 88.7 Å². The minimum atomic E-state index is -0.847. The Labute approximate surface area is 359 Å². The minimum absolute atomic E-state index is 0. The highest BCUT2D eigenvalue weighted by atomic mass is 19.1. The summed E-state index contributed by atoms with van der Waals surface area (Å²) in [4.78, 5) is 4.50. The molecular weight excluding hydrogens is 760 g/mol. The number of hydrogen-bond acceptors (Lipinski definition) is 9. The van der Waals surface area contributed by atoms with E-state index in [4.69, 9.17) is 28.9 Å². The number of aliphatic hydroxyl groups excluding tert-OH is 3. The smallest absolute Gasteiger partial charge is 0.165 e. The molecule has 3 aromatic rings. The van der Waals surface area contributed by atoms with Crippen LogP contribution < -0.4 is 19.9 Å². The van der Waals surface area contributed by atoms with Gasteiger partial charge in [-0.1, -0.05) is 60.2 Å². The molecule has 5 fully saturated rings. The average molecular weight is 842 g/mol. The maximum absolute atomic E-state index is 14.0. The van der Waals surface area contributed by atoms with Crippen molar-refractivity contribution in [3.63, 3.8) is 0 Å². The molecular formula is C47H76F3N3O6. The summed E-state index contributed by atoms with van der Waals surface area (Å²) >= 11 is 0. The Morgan fingerprint density at radius 1 is 0.610 bits per heavy atom. The van der Waals surface area contributed by atoms with Crippen molar-refractivity contribution in [3.8, 4) is 17.2 Å². The second kappa shape index (κ2) is 22.5. The molecule has 6 atom stereocenters. The van der Waals surface area contributed by atoms with Gasteiger partial charge in [0.05, 0.1) is 36.6 Å². The molecule has 0 bridgehead atoms.